The molecular weight excluding hydrogens is 620 g/mol. The monoisotopic (exact) mass is 652 g/mol. The number of aryl methyl sites for hydroxylation is 1. The molecule has 5 aromatic rings. The SMILES string of the molecule is Cc1cs/c(=N\C(=O)NCCC(C)c2ccc(-c3ncn(-c4ccc(OC(F)(F)F)cc4)n3)cc2)n1-c1ccc(F)cc1C(C)C. The molecule has 13 heteroatoms. The van der Waals surface area contributed by atoms with Gasteiger partial charge in [-0.25, -0.2) is 18.9 Å². The highest BCUT2D eigenvalue weighted by atomic mass is 32.1. The molecule has 0 aliphatic carbocycles. The maximum Gasteiger partial charge on any atom is 0.573 e. The summed E-state index contributed by atoms with van der Waals surface area (Å²) in [6.07, 6.45) is -2.59. The van der Waals surface area contributed by atoms with Crippen LogP contribution in [0.5, 0.6) is 5.75 Å². The highest BCUT2D eigenvalue weighted by Crippen LogP contribution is 2.26. The highest BCUT2D eigenvalue weighted by molar-refractivity contribution is 7.07. The molecule has 1 atom stereocenters. The van der Waals surface area contributed by atoms with Crippen LogP contribution in [0, 0.1) is 12.7 Å². The van der Waals surface area contributed by atoms with E-state index in [-0.39, 0.29) is 23.4 Å². The molecule has 3 aromatic carbocycles. The lowest BCUT2D eigenvalue weighted by Gasteiger charge is -2.15. The zero-order chi connectivity index (χ0) is 33.0. The van der Waals surface area contributed by atoms with Crippen LogP contribution < -0.4 is 14.9 Å². The number of aromatic nitrogens is 4. The number of thiazole rings is 1. The van der Waals surface area contributed by atoms with Gasteiger partial charge < -0.3 is 10.1 Å². The summed E-state index contributed by atoms with van der Waals surface area (Å²) in [6.45, 7) is 8.40. The Balaban J connectivity index is 1.18. The second-order valence-corrected chi connectivity index (χ2v) is 11.9. The van der Waals surface area contributed by atoms with Crippen LogP contribution in [0.1, 0.15) is 55.8 Å². The lowest BCUT2D eigenvalue weighted by Crippen LogP contribution is -2.26. The van der Waals surface area contributed by atoms with Crippen molar-refractivity contribution in [2.45, 2.75) is 52.3 Å². The van der Waals surface area contributed by atoms with E-state index in [1.165, 1.54) is 58.7 Å². The number of hydrogen-bond acceptors (Lipinski definition) is 5. The van der Waals surface area contributed by atoms with E-state index in [2.05, 4.69) is 32.1 Å². The maximum atomic E-state index is 14.0. The van der Waals surface area contributed by atoms with E-state index in [4.69, 9.17) is 0 Å². The molecule has 1 N–H and O–H groups in total. The highest BCUT2D eigenvalue weighted by Gasteiger charge is 2.31. The molecule has 0 aliphatic rings. The van der Waals surface area contributed by atoms with Crippen LogP contribution in [0.3, 0.4) is 0 Å². The fourth-order valence-electron chi connectivity index (χ4n) is 4.92. The van der Waals surface area contributed by atoms with Crippen LogP contribution in [0.2, 0.25) is 0 Å². The summed E-state index contributed by atoms with van der Waals surface area (Å²) in [5, 5.41) is 9.24. The van der Waals surface area contributed by atoms with Crippen molar-refractivity contribution in [3.63, 3.8) is 0 Å². The topological polar surface area (TPSA) is 86.3 Å². The average Bonchev–Trinajstić information content (AvgIpc) is 3.64. The molecule has 5 rings (SSSR count). The first-order chi connectivity index (χ1) is 21.9. The number of nitrogens with zero attached hydrogens (tertiary/aromatic N) is 5. The van der Waals surface area contributed by atoms with Gasteiger partial charge in [-0.15, -0.1) is 29.6 Å². The summed E-state index contributed by atoms with van der Waals surface area (Å²) < 4.78 is 58.5. The van der Waals surface area contributed by atoms with Crippen LogP contribution in [-0.4, -0.2) is 38.3 Å². The summed E-state index contributed by atoms with van der Waals surface area (Å²) in [6, 6.07) is 17.3. The second-order valence-electron chi connectivity index (χ2n) is 11.1. The molecule has 0 bridgehead atoms. The number of amides is 2. The Hall–Kier alpha value is -4.78. The van der Waals surface area contributed by atoms with Gasteiger partial charge in [0.05, 0.1) is 11.4 Å². The number of carbonyl (C=O) groups excluding carboxylic acids is 1. The first-order valence-corrected chi connectivity index (χ1v) is 15.4. The van der Waals surface area contributed by atoms with E-state index < -0.39 is 12.4 Å². The van der Waals surface area contributed by atoms with E-state index in [1.807, 2.05) is 55.0 Å². The third kappa shape index (κ3) is 7.89. The number of alkyl halides is 3. The molecule has 1 unspecified atom stereocenters. The lowest BCUT2D eigenvalue weighted by atomic mass is 9.96. The van der Waals surface area contributed by atoms with E-state index in [0.717, 1.165) is 28.1 Å². The number of hydrogen-bond donors (Lipinski definition) is 1. The average molecular weight is 653 g/mol. The molecule has 0 spiro atoms. The zero-order valence-corrected chi connectivity index (χ0v) is 26.4. The molecule has 0 saturated carbocycles. The predicted molar refractivity (Wildman–Crippen MR) is 168 cm³/mol. The van der Waals surface area contributed by atoms with E-state index >= 15 is 0 Å². The maximum absolute atomic E-state index is 14.0. The van der Waals surface area contributed by atoms with E-state index in [0.29, 0.717) is 29.3 Å². The minimum atomic E-state index is -4.76. The van der Waals surface area contributed by atoms with Gasteiger partial charge in [-0.2, -0.15) is 4.99 Å². The van der Waals surface area contributed by atoms with Gasteiger partial charge in [0.15, 0.2) is 10.6 Å². The largest absolute Gasteiger partial charge is 0.573 e. The van der Waals surface area contributed by atoms with Crippen molar-refractivity contribution in [1.82, 2.24) is 24.6 Å². The predicted octanol–water partition coefficient (Wildman–Crippen LogP) is 8.06. The minimum Gasteiger partial charge on any atom is -0.406 e. The normalized spacial score (nSPS) is 12.8. The van der Waals surface area contributed by atoms with E-state index in [9.17, 15) is 22.4 Å². The molecule has 46 heavy (non-hydrogen) atoms. The molecule has 0 aliphatic heterocycles. The van der Waals surface area contributed by atoms with Gasteiger partial charge in [-0.3, -0.25) is 4.57 Å². The Labute approximate surface area is 267 Å². The van der Waals surface area contributed by atoms with Gasteiger partial charge in [0.2, 0.25) is 0 Å². The number of ether oxygens (including phenoxy) is 1. The number of rotatable bonds is 9. The first-order valence-electron chi connectivity index (χ1n) is 14.6. The standard InChI is InChI=1S/C33H32F4N6O2S/c1-20(2)28-17-25(34)9-14-29(28)43-22(4)18-46-32(43)40-31(44)38-16-15-21(3)23-5-7-24(8-6-23)30-39-19-42(41-30)26-10-12-27(13-11-26)45-33(35,36)37/h5-14,17-21H,15-16H2,1-4H3,(H,38,44)/b40-32-. The van der Waals surface area contributed by atoms with Crippen molar-refractivity contribution in [3.05, 3.63) is 106 Å². The lowest BCUT2D eigenvalue weighted by molar-refractivity contribution is -0.274. The van der Waals surface area contributed by atoms with Crippen molar-refractivity contribution in [1.29, 1.82) is 0 Å². The first kappa shape index (κ1) is 32.6. The Bertz CT molecular complexity index is 1880. The van der Waals surface area contributed by atoms with Gasteiger partial charge in [-0.05, 0) is 78.8 Å². The van der Waals surface area contributed by atoms with Crippen LogP contribution in [-0.2, 0) is 0 Å². The number of carbonyl (C=O) groups is 1. The van der Waals surface area contributed by atoms with Crippen molar-refractivity contribution < 1.29 is 27.1 Å². The number of benzene rings is 3. The van der Waals surface area contributed by atoms with Crippen molar-refractivity contribution in [2.24, 2.45) is 4.99 Å². The fraction of sp³-hybridized carbons (Fsp3) is 0.273. The molecule has 0 radical (unpaired) electrons. The summed E-state index contributed by atoms with van der Waals surface area (Å²) >= 11 is 1.35. The Kier molecular flexibility index (Phi) is 9.71. The zero-order valence-electron chi connectivity index (χ0n) is 25.5. The molecule has 8 nitrogen and oxygen atoms in total. The molecule has 2 heterocycles. The second kappa shape index (κ2) is 13.7. The molecule has 0 fully saturated rings. The molecular formula is C33H32F4N6O2S. The summed E-state index contributed by atoms with van der Waals surface area (Å²) in [7, 11) is 0. The third-order valence-electron chi connectivity index (χ3n) is 7.35. The van der Waals surface area contributed by atoms with Crippen molar-refractivity contribution in [2.75, 3.05) is 6.54 Å². The molecule has 2 aromatic heterocycles. The molecule has 2 amide bonds. The van der Waals surface area contributed by atoms with Gasteiger partial charge >= 0.3 is 12.4 Å². The van der Waals surface area contributed by atoms with Crippen LogP contribution in [0.25, 0.3) is 22.8 Å². The van der Waals surface area contributed by atoms with Crippen molar-refractivity contribution in [3.8, 4) is 28.5 Å². The molecule has 0 saturated heterocycles. The Morgan fingerprint density at radius 2 is 1.76 bits per heavy atom. The van der Waals surface area contributed by atoms with Crippen LogP contribution in [0.4, 0.5) is 22.4 Å². The summed E-state index contributed by atoms with van der Waals surface area (Å²) in [5.74, 6) is 0.0616. The van der Waals surface area contributed by atoms with Crippen molar-refractivity contribution >= 4 is 17.4 Å². The third-order valence-corrected chi connectivity index (χ3v) is 8.29. The minimum absolute atomic E-state index is 0.0829. The van der Waals surface area contributed by atoms with Gasteiger partial charge in [0.25, 0.3) is 0 Å². The van der Waals surface area contributed by atoms with Gasteiger partial charge in [0.1, 0.15) is 17.9 Å². The summed E-state index contributed by atoms with van der Waals surface area (Å²) in [5.41, 5.74) is 4.92. The summed E-state index contributed by atoms with van der Waals surface area (Å²) in [4.78, 5) is 21.9. The van der Waals surface area contributed by atoms with E-state index in [1.54, 1.807) is 6.07 Å². The fourth-order valence-corrected chi connectivity index (χ4v) is 5.79. The van der Waals surface area contributed by atoms with Crippen LogP contribution in [0.15, 0.2) is 83.4 Å². The number of halogens is 4. The number of nitrogens with one attached hydrogen (secondary N) is 1. The van der Waals surface area contributed by atoms with Gasteiger partial charge in [-0.1, -0.05) is 45.0 Å². The van der Waals surface area contributed by atoms with Crippen LogP contribution >= 0.6 is 11.3 Å². The number of urea groups is 1. The quantitative estimate of drug-likeness (QED) is 0.163. The molecule has 240 valence electrons. The van der Waals surface area contributed by atoms with Gasteiger partial charge in [0, 0.05) is 23.2 Å². The smallest absolute Gasteiger partial charge is 0.406 e. The Morgan fingerprint density at radius 3 is 2.43 bits per heavy atom. The Morgan fingerprint density at radius 1 is 1.04 bits per heavy atom.